The molecule has 0 saturated heterocycles. The summed E-state index contributed by atoms with van der Waals surface area (Å²) in [4.78, 5) is -0.675. The zero-order chi connectivity index (χ0) is 11.7. The van der Waals surface area contributed by atoms with Crippen LogP contribution in [0.15, 0.2) is 33.5 Å². The number of nitrogens with zero attached hydrogens (tertiary/aromatic N) is 1. The Kier molecular flexibility index (Phi) is 3.05. The van der Waals surface area contributed by atoms with Gasteiger partial charge in [-0.1, -0.05) is 7.77 Å². The SMILES string of the molecule is O=S(=O)(F)c1ccc(N=S(=O)(F)F)cc1. The highest BCUT2D eigenvalue weighted by atomic mass is 32.3. The first-order valence-electron chi connectivity index (χ1n) is 3.39. The summed E-state index contributed by atoms with van der Waals surface area (Å²) in [5, 5.41) is 0. The van der Waals surface area contributed by atoms with E-state index in [0.717, 1.165) is 24.3 Å². The van der Waals surface area contributed by atoms with Crippen LogP contribution in [0.2, 0.25) is 0 Å². The lowest BCUT2D eigenvalue weighted by Crippen LogP contribution is -1.90. The van der Waals surface area contributed by atoms with Crippen molar-refractivity contribution in [2.24, 2.45) is 4.36 Å². The van der Waals surface area contributed by atoms with Crippen molar-refractivity contribution in [2.75, 3.05) is 0 Å². The van der Waals surface area contributed by atoms with E-state index < -0.39 is 31.3 Å². The zero-order valence-corrected chi connectivity index (χ0v) is 8.56. The average Bonchev–Trinajstić information content (AvgIpc) is 2.00. The molecule has 0 radical (unpaired) electrons. The molecule has 4 nitrogen and oxygen atoms in total. The summed E-state index contributed by atoms with van der Waals surface area (Å²) in [6, 6.07) is 3.15. The van der Waals surface area contributed by atoms with E-state index in [1.807, 2.05) is 0 Å². The summed E-state index contributed by atoms with van der Waals surface area (Å²) < 4.78 is 69.2. The molecule has 0 aliphatic carbocycles. The van der Waals surface area contributed by atoms with Crippen molar-refractivity contribution >= 4 is 26.4 Å². The summed E-state index contributed by atoms with van der Waals surface area (Å²) >= 11 is 0. The molecule has 15 heavy (non-hydrogen) atoms. The third-order valence-electron chi connectivity index (χ3n) is 1.33. The molecule has 0 aliphatic heterocycles. The van der Waals surface area contributed by atoms with Crippen LogP contribution < -0.4 is 0 Å². The van der Waals surface area contributed by atoms with Crippen LogP contribution in [-0.2, 0) is 20.7 Å². The number of hydrogen-bond acceptors (Lipinski definition) is 4. The van der Waals surface area contributed by atoms with Crippen molar-refractivity contribution in [3.8, 4) is 0 Å². The van der Waals surface area contributed by atoms with Gasteiger partial charge in [0.15, 0.2) is 0 Å². The molecule has 9 heteroatoms. The van der Waals surface area contributed by atoms with E-state index in [2.05, 4.69) is 4.36 Å². The Morgan fingerprint density at radius 2 is 1.40 bits per heavy atom. The van der Waals surface area contributed by atoms with Gasteiger partial charge in [0, 0.05) is 0 Å². The fourth-order valence-corrected chi connectivity index (χ4v) is 1.62. The third kappa shape index (κ3) is 3.88. The van der Waals surface area contributed by atoms with E-state index in [1.54, 1.807) is 0 Å². The maximum Gasteiger partial charge on any atom is 0.371 e. The first kappa shape index (κ1) is 12.0. The average molecular weight is 259 g/mol. The summed E-state index contributed by atoms with van der Waals surface area (Å²) in [5.41, 5.74) is -0.391. The van der Waals surface area contributed by atoms with Crippen molar-refractivity contribution in [1.29, 1.82) is 0 Å². The van der Waals surface area contributed by atoms with Gasteiger partial charge in [0.05, 0.1) is 10.6 Å². The first-order chi connectivity index (χ1) is 6.68. The van der Waals surface area contributed by atoms with E-state index in [-0.39, 0.29) is 0 Å². The van der Waals surface area contributed by atoms with E-state index >= 15 is 0 Å². The molecule has 0 fully saturated rings. The maximum absolute atomic E-state index is 12.3. The van der Waals surface area contributed by atoms with Gasteiger partial charge in [0.25, 0.3) is 0 Å². The third-order valence-corrected chi connectivity index (χ3v) is 2.59. The highest BCUT2D eigenvalue weighted by Gasteiger charge is 2.11. The number of benzene rings is 1. The van der Waals surface area contributed by atoms with Crippen molar-refractivity contribution in [3.05, 3.63) is 24.3 Å². The predicted octanol–water partition coefficient (Wildman–Crippen LogP) is 2.21. The van der Waals surface area contributed by atoms with Crippen LogP contribution >= 0.6 is 0 Å². The van der Waals surface area contributed by atoms with Gasteiger partial charge in [-0.25, -0.2) is 0 Å². The Bertz CT molecular complexity index is 564. The molecule has 0 N–H and O–H groups in total. The monoisotopic (exact) mass is 259 g/mol. The lowest BCUT2D eigenvalue weighted by molar-refractivity contribution is 0.552. The highest BCUT2D eigenvalue weighted by Crippen LogP contribution is 2.20. The summed E-state index contributed by atoms with van der Waals surface area (Å²) in [6.07, 6.45) is 0. The predicted molar refractivity (Wildman–Crippen MR) is 47.2 cm³/mol. The minimum absolute atomic E-state index is 0.391. The Labute approximate surface area is 84.7 Å². The molecule has 1 aromatic rings. The molecule has 1 rings (SSSR count). The molecule has 84 valence electrons. The second-order valence-corrected chi connectivity index (χ2v) is 4.74. The lowest BCUT2D eigenvalue weighted by atomic mass is 10.3. The van der Waals surface area contributed by atoms with Crippen LogP contribution in [0, 0.1) is 0 Å². The molecular weight excluding hydrogens is 255 g/mol. The quantitative estimate of drug-likeness (QED) is 0.765. The van der Waals surface area contributed by atoms with Crippen LogP contribution in [0.25, 0.3) is 0 Å². The Morgan fingerprint density at radius 3 is 1.73 bits per heavy atom. The van der Waals surface area contributed by atoms with Crippen LogP contribution in [0.3, 0.4) is 0 Å². The van der Waals surface area contributed by atoms with Gasteiger partial charge < -0.3 is 0 Å². The van der Waals surface area contributed by atoms with Gasteiger partial charge in [0.2, 0.25) is 0 Å². The molecule has 0 aliphatic rings. The van der Waals surface area contributed by atoms with Crippen LogP contribution in [0.1, 0.15) is 0 Å². The highest BCUT2D eigenvalue weighted by molar-refractivity contribution is 7.86. The van der Waals surface area contributed by atoms with Gasteiger partial charge >= 0.3 is 20.7 Å². The Balaban J connectivity index is 3.19. The largest absolute Gasteiger partial charge is 0.371 e. The standard InChI is InChI=1S/C6H4F3NO3S2/c7-14(11,12)6-3-1-5(2-4-6)10-15(8,9)13/h1-4H. The number of hydrogen-bond donors (Lipinski definition) is 0. The van der Waals surface area contributed by atoms with Gasteiger partial charge in [-0.3, -0.25) is 0 Å². The maximum atomic E-state index is 12.3. The van der Waals surface area contributed by atoms with Crippen molar-refractivity contribution in [2.45, 2.75) is 4.90 Å². The van der Waals surface area contributed by atoms with Crippen molar-refractivity contribution in [1.82, 2.24) is 0 Å². The van der Waals surface area contributed by atoms with Crippen LogP contribution in [0.4, 0.5) is 17.3 Å². The van der Waals surface area contributed by atoms with E-state index in [4.69, 9.17) is 0 Å². The van der Waals surface area contributed by atoms with E-state index in [9.17, 15) is 24.3 Å². The fourth-order valence-electron chi connectivity index (χ4n) is 0.792. The summed E-state index contributed by atoms with van der Waals surface area (Å²) in [7, 11) is -10.2. The molecule has 0 amide bonds. The molecule has 0 saturated carbocycles. The summed E-state index contributed by atoms with van der Waals surface area (Å²) in [5.74, 6) is 0. The van der Waals surface area contributed by atoms with Crippen molar-refractivity contribution in [3.63, 3.8) is 0 Å². The van der Waals surface area contributed by atoms with E-state index in [0.29, 0.717) is 0 Å². The zero-order valence-electron chi connectivity index (χ0n) is 6.93. The molecule has 1 aromatic carbocycles. The Hall–Kier alpha value is -1.09. The second-order valence-electron chi connectivity index (χ2n) is 2.42. The molecule has 0 unspecified atom stereocenters. The second kappa shape index (κ2) is 3.81. The summed E-state index contributed by atoms with van der Waals surface area (Å²) in [6.45, 7) is 0. The topological polar surface area (TPSA) is 63.6 Å². The normalized spacial score (nSPS) is 12.5. The van der Waals surface area contributed by atoms with Crippen molar-refractivity contribution < 1.29 is 24.3 Å². The lowest BCUT2D eigenvalue weighted by Gasteiger charge is -1.95. The number of rotatable bonds is 2. The van der Waals surface area contributed by atoms with Crippen LogP contribution in [-0.4, -0.2) is 12.6 Å². The first-order valence-corrected chi connectivity index (χ1v) is 6.09. The Morgan fingerprint density at radius 1 is 0.933 bits per heavy atom. The molecule has 0 spiro atoms. The molecular formula is C6H4F3NO3S2. The minimum Gasteiger partial charge on any atom is -0.189 e. The number of halogens is 3. The van der Waals surface area contributed by atoms with E-state index in [1.165, 1.54) is 0 Å². The molecule has 0 atom stereocenters. The van der Waals surface area contributed by atoms with Gasteiger partial charge in [-0.15, -0.1) is 8.25 Å². The smallest absolute Gasteiger partial charge is 0.189 e. The van der Waals surface area contributed by atoms with Crippen LogP contribution in [0.5, 0.6) is 0 Å². The molecule has 0 aromatic heterocycles. The fraction of sp³-hybridized carbons (Fsp3) is 0. The van der Waals surface area contributed by atoms with Gasteiger partial charge in [-0.2, -0.15) is 12.6 Å². The van der Waals surface area contributed by atoms with Gasteiger partial charge in [-0.05, 0) is 24.3 Å². The minimum atomic E-state index is -5.29. The molecule has 0 bridgehead atoms. The molecule has 0 heterocycles. The van der Waals surface area contributed by atoms with Gasteiger partial charge in [0.1, 0.15) is 0 Å².